The molecule has 65 heavy (non-hydrogen) atoms. The number of anilines is 2. The number of hydrogen-bond acceptors (Lipinski definition) is 12. The lowest BCUT2D eigenvalue weighted by Crippen LogP contribution is -2.37. The number of carbonyl (C=O) groups is 4. The number of methoxy groups -OCH3 is 1. The number of rotatable bonds is 18. The van der Waals surface area contributed by atoms with Crippen LogP contribution in [-0.2, 0) is 30.9 Å². The van der Waals surface area contributed by atoms with Crippen LogP contribution in [0.1, 0.15) is 73.3 Å². The topological polar surface area (TPSA) is 247 Å². The van der Waals surface area contributed by atoms with Crippen LogP contribution in [0.25, 0.3) is 22.1 Å². The van der Waals surface area contributed by atoms with Gasteiger partial charge in [0.15, 0.2) is 0 Å². The Morgan fingerprint density at radius 2 is 1.18 bits per heavy atom. The highest BCUT2D eigenvalue weighted by atomic mass is 35.5. The lowest BCUT2D eigenvalue weighted by molar-refractivity contribution is 0.0358. The molecule has 6 aromatic rings. The van der Waals surface area contributed by atoms with Crippen LogP contribution in [-0.4, -0.2) is 114 Å². The first-order valence-electron chi connectivity index (χ1n) is 20.4. The Hall–Kier alpha value is -6.19. The number of aryl methyl sites for hydroxylation is 4. The van der Waals surface area contributed by atoms with E-state index in [4.69, 9.17) is 35.6 Å². The normalized spacial score (nSPS) is 12.7. The van der Waals surface area contributed by atoms with Gasteiger partial charge in [-0.2, -0.15) is 10.2 Å². The number of carbonyl (C=O) groups excluding carboxylic acids is 4. The van der Waals surface area contributed by atoms with Gasteiger partial charge in [-0.3, -0.25) is 44.1 Å². The summed E-state index contributed by atoms with van der Waals surface area (Å²) in [5.74, 6) is -1.11. The molecule has 5 heterocycles. The van der Waals surface area contributed by atoms with Crippen molar-refractivity contribution >= 4 is 94.8 Å². The number of imidazole rings is 2. The molecule has 23 heteroatoms. The quantitative estimate of drug-likeness (QED) is 0.0673. The molecule has 4 amide bonds. The maximum Gasteiger partial charge on any atom is 0.276 e. The van der Waals surface area contributed by atoms with Gasteiger partial charge in [-0.25, -0.2) is 9.97 Å². The molecule has 0 aliphatic carbocycles. The number of benzene rings is 2. The van der Waals surface area contributed by atoms with Crippen molar-refractivity contribution in [3.05, 3.63) is 82.5 Å². The number of ether oxygens (including phenoxy) is 3. The third kappa shape index (κ3) is 11.4. The maximum absolute atomic E-state index is 13.8. The van der Waals surface area contributed by atoms with Gasteiger partial charge in [0.25, 0.3) is 11.8 Å². The van der Waals surface area contributed by atoms with E-state index in [9.17, 15) is 19.2 Å². The van der Waals surface area contributed by atoms with Crippen LogP contribution in [0.3, 0.4) is 0 Å². The highest BCUT2D eigenvalue weighted by Gasteiger charge is 2.24. The number of fused-ring (bicyclic) bond motifs is 2. The van der Waals surface area contributed by atoms with E-state index >= 15 is 0 Å². The van der Waals surface area contributed by atoms with Crippen LogP contribution in [0, 0.1) is 13.8 Å². The first kappa shape index (κ1) is 51.4. The third-order valence-corrected chi connectivity index (χ3v) is 10.4. The molecule has 2 aromatic carbocycles. The smallest absolute Gasteiger partial charge is 0.276 e. The SMILES string of the molecule is CCn1nc(C)cc1C(=O)Nc1nc2cc(C(N)=O)cc(OC)c2n1CC=CCn1c(NC(=O)c2cc(C)nn2CC)nc2cc(C(N)=O)cc(OCCCN3CCOCC3)c21.Cl.Cl.Cl. The van der Waals surface area contributed by atoms with Gasteiger partial charge in [0.1, 0.15) is 33.9 Å². The molecule has 0 spiro atoms. The van der Waals surface area contributed by atoms with Crippen molar-refractivity contribution in [2.75, 3.05) is 57.2 Å². The third-order valence-electron chi connectivity index (χ3n) is 10.4. The second-order valence-electron chi connectivity index (χ2n) is 14.7. The number of amides is 4. The fourth-order valence-electron chi connectivity index (χ4n) is 7.48. The summed E-state index contributed by atoms with van der Waals surface area (Å²) in [5, 5.41) is 14.7. The van der Waals surface area contributed by atoms with Crippen molar-refractivity contribution in [1.29, 1.82) is 0 Å². The lowest BCUT2D eigenvalue weighted by Gasteiger charge is -2.26. The molecule has 0 saturated carbocycles. The number of nitrogens with one attached hydrogen (secondary N) is 2. The fourth-order valence-corrected chi connectivity index (χ4v) is 7.48. The van der Waals surface area contributed by atoms with Crippen molar-refractivity contribution in [3.8, 4) is 11.5 Å². The van der Waals surface area contributed by atoms with E-state index in [1.807, 2.05) is 32.9 Å². The van der Waals surface area contributed by atoms with Crippen molar-refractivity contribution in [1.82, 2.24) is 43.6 Å². The van der Waals surface area contributed by atoms with E-state index < -0.39 is 23.6 Å². The number of nitrogens with zero attached hydrogens (tertiary/aromatic N) is 9. The monoisotopic (exact) mass is 957 g/mol. The number of primary amides is 2. The Labute approximate surface area is 393 Å². The molecule has 20 nitrogen and oxygen atoms in total. The number of aromatic nitrogens is 8. The zero-order chi connectivity index (χ0) is 44.1. The van der Waals surface area contributed by atoms with Crippen molar-refractivity contribution in [2.45, 2.75) is 60.3 Å². The molecule has 350 valence electrons. The minimum absolute atomic E-state index is 0. The van der Waals surface area contributed by atoms with Crippen LogP contribution in [0.2, 0.25) is 0 Å². The van der Waals surface area contributed by atoms with Crippen LogP contribution >= 0.6 is 37.2 Å². The molecule has 7 rings (SSSR count). The minimum Gasteiger partial charge on any atom is -0.494 e. The average molecular weight is 959 g/mol. The number of hydrogen-bond donors (Lipinski definition) is 4. The van der Waals surface area contributed by atoms with Gasteiger partial charge in [-0.05, 0) is 70.5 Å². The van der Waals surface area contributed by atoms with Crippen LogP contribution < -0.4 is 31.6 Å². The lowest BCUT2D eigenvalue weighted by atomic mass is 10.1. The number of morpholine rings is 1. The van der Waals surface area contributed by atoms with Crippen LogP contribution in [0.15, 0.2) is 48.6 Å². The number of halogens is 3. The molecule has 0 radical (unpaired) electrons. The molecular formula is C42H54Cl3N13O7. The maximum atomic E-state index is 13.8. The summed E-state index contributed by atoms with van der Waals surface area (Å²) in [7, 11) is 1.47. The van der Waals surface area contributed by atoms with Gasteiger partial charge >= 0.3 is 0 Å². The molecule has 1 aliphatic rings. The van der Waals surface area contributed by atoms with E-state index in [2.05, 4.69) is 25.7 Å². The Morgan fingerprint density at radius 3 is 1.63 bits per heavy atom. The van der Waals surface area contributed by atoms with Crippen LogP contribution in [0.4, 0.5) is 11.9 Å². The summed E-state index contributed by atoms with van der Waals surface area (Å²) in [5.41, 5.74) is 15.7. The molecule has 0 unspecified atom stereocenters. The highest BCUT2D eigenvalue weighted by molar-refractivity contribution is 6.05. The summed E-state index contributed by atoms with van der Waals surface area (Å²) >= 11 is 0. The average Bonchev–Trinajstić information content (AvgIpc) is 4.03. The van der Waals surface area contributed by atoms with Gasteiger partial charge < -0.3 is 34.8 Å². The number of allylic oxidation sites excluding steroid dienone is 2. The predicted molar refractivity (Wildman–Crippen MR) is 252 cm³/mol. The second kappa shape index (κ2) is 22.6. The standard InChI is InChI=1S/C42H51N13O7.3ClH/c1-6-54-31(19-25(3)49-54)39(58)47-41-45-29-21-27(37(43)56)23-33(60-5)35(29)52(41)12-8-9-13-53-36-30(46-42(53)48-40(59)32-20-26(4)50-55(32)7-2)22-28(38(44)57)24-34(36)62-16-10-11-51-14-17-61-18-15-51;;;/h8-9,19-24H,6-7,10-18H2,1-5H3,(H2,43,56)(H2,44,57)(H,45,47,58)(H,46,48,59);3*1H. The van der Waals surface area contributed by atoms with Crippen LogP contribution in [0.5, 0.6) is 11.5 Å². The summed E-state index contributed by atoms with van der Waals surface area (Å²) in [6.07, 6.45) is 4.42. The minimum atomic E-state index is -0.666. The van der Waals surface area contributed by atoms with Gasteiger partial charge in [0.05, 0.1) is 49.4 Å². The Morgan fingerprint density at radius 1 is 0.723 bits per heavy atom. The van der Waals surface area contributed by atoms with E-state index in [1.165, 1.54) is 19.2 Å². The zero-order valence-electron chi connectivity index (χ0n) is 36.7. The first-order chi connectivity index (χ1) is 29.9. The highest BCUT2D eigenvalue weighted by Crippen LogP contribution is 2.33. The molecular weight excluding hydrogens is 905 g/mol. The van der Waals surface area contributed by atoms with E-state index in [0.717, 1.165) is 19.6 Å². The van der Waals surface area contributed by atoms with Gasteiger partial charge in [0, 0.05) is 56.9 Å². The Balaban J connectivity index is 0.00000308. The number of nitrogens with two attached hydrogens (primary N) is 2. The fraction of sp³-hybridized carbons (Fsp3) is 0.381. The predicted octanol–water partition coefficient (Wildman–Crippen LogP) is 4.77. The second-order valence-corrected chi connectivity index (χ2v) is 14.7. The Bertz CT molecular complexity index is 2700. The van der Waals surface area contributed by atoms with Crippen molar-refractivity contribution < 1.29 is 33.4 Å². The van der Waals surface area contributed by atoms with E-state index in [-0.39, 0.29) is 73.3 Å². The molecule has 0 bridgehead atoms. The van der Waals surface area contributed by atoms with Gasteiger partial charge in [-0.15, -0.1) is 37.2 Å². The molecule has 0 atom stereocenters. The molecule has 1 aliphatic heterocycles. The first-order valence-corrected chi connectivity index (χ1v) is 20.4. The van der Waals surface area contributed by atoms with E-state index in [0.29, 0.717) is 95.7 Å². The summed E-state index contributed by atoms with van der Waals surface area (Å²) in [6.45, 7) is 12.9. The largest absolute Gasteiger partial charge is 0.494 e. The van der Waals surface area contributed by atoms with Gasteiger partial charge in [0.2, 0.25) is 23.7 Å². The molecule has 6 N–H and O–H groups in total. The summed E-state index contributed by atoms with van der Waals surface area (Å²) in [6, 6.07) is 9.61. The van der Waals surface area contributed by atoms with E-state index in [1.54, 1.807) is 49.7 Å². The Kier molecular flexibility index (Phi) is 17.9. The molecule has 1 fully saturated rings. The van der Waals surface area contributed by atoms with Gasteiger partial charge in [-0.1, -0.05) is 12.2 Å². The molecule has 4 aromatic heterocycles. The van der Waals surface area contributed by atoms with Crippen molar-refractivity contribution in [2.24, 2.45) is 11.5 Å². The summed E-state index contributed by atoms with van der Waals surface area (Å²) in [4.78, 5) is 64.1. The van der Waals surface area contributed by atoms with Crippen molar-refractivity contribution in [3.63, 3.8) is 0 Å². The summed E-state index contributed by atoms with van der Waals surface area (Å²) < 4.78 is 24.3. The zero-order valence-corrected chi connectivity index (χ0v) is 39.1. The molecule has 1 saturated heterocycles.